The zero-order chi connectivity index (χ0) is 73.3. The zero-order valence-electron chi connectivity index (χ0n) is 60.7. The van der Waals surface area contributed by atoms with Crippen LogP contribution in [0, 0.1) is 45.3 Å². The van der Waals surface area contributed by atoms with Gasteiger partial charge >= 0.3 is 30.2 Å². The van der Waals surface area contributed by atoms with Crippen LogP contribution in [0.4, 0.5) is 30.6 Å². The number of nitrogens with two attached hydrogens (primary N) is 2. The summed E-state index contributed by atoms with van der Waals surface area (Å²) in [6.07, 6.45) is 3.07. The molecule has 540 valence electrons. The number of carbonyl (C=O) groups is 12. The lowest BCUT2D eigenvalue weighted by atomic mass is 9.88. The van der Waals surface area contributed by atoms with E-state index in [0.717, 1.165) is 0 Å². The summed E-state index contributed by atoms with van der Waals surface area (Å²) >= 11 is 0. The molecule has 0 saturated heterocycles. The lowest BCUT2D eigenvalue weighted by Gasteiger charge is -2.25. The molecular weight excluding hydrogens is 1230 g/mol. The lowest BCUT2D eigenvalue weighted by molar-refractivity contribution is -0.153. The molecule has 0 aliphatic carbocycles. The number of hydrogen-bond donors (Lipinski definition) is 8. The van der Waals surface area contributed by atoms with Crippen molar-refractivity contribution in [1.82, 2.24) is 31.1 Å². The minimum atomic E-state index is -0.740. The van der Waals surface area contributed by atoms with Gasteiger partial charge < -0.3 is 67.4 Å². The van der Waals surface area contributed by atoms with Crippen molar-refractivity contribution in [3.8, 4) is 0 Å². The number of urea groups is 2. The van der Waals surface area contributed by atoms with E-state index < -0.39 is 59.0 Å². The number of benzene rings is 2. The Bertz CT molecular complexity index is 2660. The molecule has 0 radical (unpaired) electrons. The molecule has 0 bridgehead atoms. The van der Waals surface area contributed by atoms with Crippen molar-refractivity contribution in [2.75, 3.05) is 57.5 Å². The Labute approximate surface area is 570 Å². The molecule has 0 aromatic heterocycles. The van der Waals surface area contributed by atoms with Gasteiger partial charge in [-0.15, -0.1) is 0 Å². The molecule has 2 rings (SSSR count). The van der Waals surface area contributed by atoms with Crippen LogP contribution in [0.15, 0.2) is 48.5 Å². The van der Waals surface area contributed by atoms with E-state index in [-0.39, 0.29) is 122 Å². The third-order valence-electron chi connectivity index (χ3n) is 15.4. The Morgan fingerprint density at radius 2 is 0.844 bits per heavy atom. The first kappa shape index (κ1) is 85.9. The molecule has 2 aromatic rings. The number of Topliss-reactive ketones (excluding diaryl/α,β-unsaturated/α-hetero) is 3. The highest BCUT2D eigenvalue weighted by Gasteiger charge is 2.32. The Balaban J connectivity index is 0.000000960. The summed E-state index contributed by atoms with van der Waals surface area (Å²) in [6.45, 7) is 31.7. The molecule has 0 aliphatic rings. The number of esters is 1. The Hall–Kier alpha value is -8.12. The molecule has 25 nitrogen and oxygen atoms in total. The summed E-state index contributed by atoms with van der Waals surface area (Å²) in [5, 5.41) is 16.4. The molecule has 0 fully saturated rings. The topological polar surface area (TPSA) is 363 Å². The second kappa shape index (κ2) is 41.8. The minimum absolute atomic E-state index is 0.0127. The smallest absolute Gasteiger partial charge is 0.409 e. The molecule has 25 heteroatoms. The average Bonchev–Trinajstić information content (AvgIpc) is 0.916. The standard InChI is InChI=1S/C36H59N5O7.C35H57N5O8/c1-24(2)31(40-30(44)18-19-35(3,4)5)28(42)22-26(12-10-20-38-33(37)46)32(45)39-27-16-14-25(15-17-27)23-48-34(47)41(9)21-11-13-29(43)36(6,7)8;1-23(2)29(39-28(42)16-17-34(3,4)5)27(41)21-25(11-10-18-37-32(36)45)30(43)38-26-14-12-24(13-15-26)22-48-33(46)40(9)19-20-47-31(44)35(6,7)8/h14-17,24,26,31H,10-13,18-23H2,1-9H3,(H,39,45)(H,40,44)(H3,37,38,46);12-15,23,25,29H,10-11,16-22H2,1-9H3,(H,38,43)(H,39,42)(H3,36,37,45)/t26-,31+;25-,29+/m11/s1. The van der Waals surface area contributed by atoms with Crippen LogP contribution in [-0.4, -0.2) is 140 Å². The molecule has 2 aromatic carbocycles. The largest absolute Gasteiger partial charge is 0.463 e. The van der Waals surface area contributed by atoms with Gasteiger partial charge in [0.05, 0.1) is 24.0 Å². The van der Waals surface area contributed by atoms with Crippen LogP contribution in [-0.2, 0) is 65.8 Å². The maximum Gasteiger partial charge on any atom is 0.409 e. The van der Waals surface area contributed by atoms with E-state index in [9.17, 15) is 57.5 Å². The maximum absolute atomic E-state index is 13.4. The summed E-state index contributed by atoms with van der Waals surface area (Å²) in [6, 6.07) is 10.7. The Morgan fingerprint density at radius 1 is 0.479 bits per heavy atom. The van der Waals surface area contributed by atoms with E-state index in [4.69, 9.17) is 25.7 Å². The molecule has 96 heavy (non-hydrogen) atoms. The number of primary amides is 2. The summed E-state index contributed by atoms with van der Waals surface area (Å²) in [4.78, 5) is 153. The molecule has 0 unspecified atom stereocenters. The fraction of sp³-hybridized carbons (Fsp3) is 0.662. The summed E-state index contributed by atoms with van der Waals surface area (Å²) < 4.78 is 15.9. The SMILES string of the molecule is CC(C)[C@H](NC(=O)CCC(C)(C)C)C(=O)C[C@@H](CCCNC(N)=O)C(=O)Nc1ccc(COC(=O)N(C)CCCC(=O)C(C)(C)C)cc1.CC(C)[C@H](NC(=O)CCC(C)(C)C)C(=O)C[C@@H](CCCNC(N)=O)C(=O)Nc1ccc(COC(=O)N(C)CCOC(=O)C(C)(C)C)cc1. The number of likely N-dealkylation sites (N-methyl/N-ethyl adjacent to an activating group) is 1. The molecule has 0 heterocycles. The van der Waals surface area contributed by atoms with E-state index in [1.807, 2.05) is 90.0 Å². The predicted octanol–water partition coefficient (Wildman–Crippen LogP) is 10.4. The number of amides is 10. The minimum Gasteiger partial charge on any atom is -0.463 e. The van der Waals surface area contributed by atoms with Crippen molar-refractivity contribution in [3.63, 3.8) is 0 Å². The van der Waals surface area contributed by atoms with E-state index in [0.29, 0.717) is 93.3 Å². The van der Waals surface area contributed by atoms with E-state index in [2.05, 4.69) is 31.9 Å². The van der Waals surface area contributed by atoms with Crippen LogP contribution in [0.25, 0.3) is 0 Å². The Kier molecular flexibility index (Phi) is 37.4. The first-order valence-electron chi connectivity index (χ1n) is 33.4. The van der Waals surface area contributed by atoms with Crippen LogP contribution < -0.4 is 43.4 Å². The van der Waals surface area contributed by atoms with Gasteiger partial charge in [0.25, 0.3) is 0 Å². The third kappa shape index (κ3) is 37.8. The highest BCUT2D eigenvalue weighted by molar-refractivity contribution is 5.98. The number of anilines is 2. The van der Waals surface area contributed by atoms with Crippen LogP contribution in [0.3, 0.4) is 0 Å². The van der Waals surface area contributed by atoms with Gasteiger partial charge in [0, 0.05) is 94.5 Å². The van der Waals surface area contributed by atoms with Gasteiger partial charge in [0.15, 0.2) is 11.6 Å². The van der Waals surface area contributed by atoms with E-state index in [1.165, 1.54) is 9.80 Å². The molecular formula is C71H116N10O15. The van der Waals surface area contributed by atoms with Crippen LogP contribution in [0.1, 0.15) is 199 Å². The van der Waals surface area contributed by atoms with Crippen LogP contribution in [0.5, 0.6) is 0 Å². The van der Waals surface area contributed by atoms with Crippen molar-refractivity contribution >= 4 is 82.6 Å². The third-order valence-corrected chi connectivity index (χ3v) is 15.4. The van der Waals surface area contributed by atoms with Crippen LogP contribution in [0.2, 0.25) is 0 Å². The lowest BCUT2D eigenvalue weighted by Crippen LogP contribution is -2.45. The number of rotatable bonds is 37. The van der Waals surface area contributed by atoms with Gasteiger partial charge in [-0.1, -0.05) is 114 Å². The molecule has 4 atom stereocenters. The average molecular weight is 1350 g/mol. The van der Waals surface area contributed by atoms with Gasteiger partial charge in [-0.05, 0) is 124 Å². The van der Waals surface area contributed by atoms with Crippen molar-refractivity contribution in [2.24, 2.45) is 56.8 Å². The molecule has 0 aliphatic heterocycles. The fourth-order valence-electron chi connectivity index (χ4n) is 9.11. The molecule has 0 spiro atoms. The quantitative estimate of drug-likeness (QED) is 0.0177. The number of nitrogens with one attached hydrogen (secondary N) is 6. The normalized spacial score (nSPS) is 12.8. The van der Waals surface area contributed by atoms with Gasteiger partial charge in [0.2, 0.25) is 23.6 Å². The Morgan fingerprint density at radius 3 is 1.17 bits per heavy atom. The number of hydrogen-bond acceptors (Lipinski definition) is 15. The highest BCUT2D eigenvalue weighted by atomic mass is 16.6. The van der Waals surface area contributed by atoms with Gasteiger partial charge in [0.1, 0.15) is 25.6 Å². The summed E-state index contributed by atoms with van der Waals surface area (Å²) in [5.74, 6) is -3.63. The van der Waals surface area contributed by atoms with Gasteiger partial charge in [-0.3, -0.25) is 38.4 Å². The predicted molar refractivity (Wildman–Crippen MR) is 371 cm³/mol. The van der Waals surface area contributed by atoms with Crippen molar-refractivity contribution < 1.29 is 71.7 Å². The zero-order valence-corrected chi connectivity index (χ0v) is 60.7. The maximum atomic E-state index is 13.4. The number of carbonyl (C=O) groups excluding carboxylic acids is 12. The van der Waals surface area contributed by atoms with Crippen molar-refractivity contribution in [2.45, 2.75) is 213 Å². The first-order chi connectivity index (χ1) is 44.4. The van der Waals surface area contributed by atoms with E-state index in [1.54, 1.807) is 83.4 Å². The van der Waals surface area contributed by atoms with Crippen LogP contribution >= 0.6 is 0 Å². The summed E-state index contributed by atoms with van der Waals surface area (Å²) in [7, 11) is 3.17. The van der Waals surface area contributed by atoms with E-state index >= 15 is 0 Å². The summed E-state index contributed by atoms with van der Waals surface area (Å²) in [5.41, 5.74) is 11.6. The monoisotopic (exact) mass is 1350 g/mol. The second-order valence-electron chi connectivity index (χ2n) is 29.8. The molecule has 10 amide bonds. The molecule has 10 N–H and O–H groups in total. The van der Waals surface area contributed by atoms with Gasteiger partial charge in [-0.25, -0.2) is 19.2 Å². The number of ketones is 3. The van der Waals surface area contributed by atoms with Crippen molar-refractivity contribution in [3.05, 3.63) is 59.7 Å². The number of ether oxygens (including phenoxy) is 3. The first-order valence-corrected chi connectivity index (χ1v) is 33.4. The highest BCUT2D eigenvalue weighted by Crippen LogP contribution is 2.26. The second-order valence-corrected chi connectivity index (χ2v) is 29.8. The van der Waals surface area contributed by atoms with Crippen molar-refractivity contribution in [1.29, 1.82) is 0 Å². The number of nitrogens with zero attached hydrogens (tertiary/aromatic N) is 2. The van der Waals surface area contributed by atoms with Gasteiger partial charge in [-0.2, -0.15) is 0 Å². The molecule has 0 saturated carbocycles. The fourth-order valence-corrected chi connectivity index (χ4v) is 9.11.